The first kappa shape index (κ1) is 11.7. The molecule has 0 aliphatic carbocycles. The van der Waals surface area contributed by atoms with Crippen LogP contribution in [-0.4, -0.2) is 48.5 Å². The summed E-state index contributed by atoms with van der Waals surface area (Å²) in [6.45, 7) is 9.40. The van der Waals surface area contributed by atoms with Crippen molar-refractivity contribution < 1.29 is 9.84 Å². The predicted octanol–water partition coefficient (Wildman–Crippen LogP) is 1.03. The molecule has 1 fully saturated rings. The number of hydrogen-bond acceptors (Lipinski definition) is 3. The summed E-state index contributed by atoms with van der Waals surface area (Å²) in [6, 6.07) is 0. The average molecular weight is 199 g/mol. The fourth-order valence-corrected chi connectivity index (χ4v) is 1.73. The maximum Gasteiger partial charge on any atom is 0.0961 e. The molecule has 0 aromatic heterocycles. The number of aliphatic hydroxyl groups excluding tert-OH is 1. The van der Waals surface area contributed by atoms with Crippen molar-refractivity contribution in [3.63, 3.8) is 0 Å². The molecule has 2 atom stereocenters. The van der Waals surface area contributed by atoms with Crippen LogP contribution in [0.1, 0.15) is 19.8 Å². The highest BCUT2D eigenvalue weighted by molar-refractivity contribution is 4.79. The lowest BCUT2D eigenvalue weighted by molar-refractivity contribution is -0.0888. The van der Waals surface area contributed by atoms with Gasteiger partial charge in [-0.2, -0.15) is 0 Å². The third-order valence-electron chi connectivity index (χ3n) is 2.72. The molecule has 3 nitrogen and oxygen atoms in total. The van der Waals surface area contributed by atoms with Crippen LogP contribution < -0.4 is 0 Å². The van der Waals surface area contributed by atoms with E-state index >= 15 is 0 Å². The molecule has 0 aromatic rings. The molecule has 0 bridgehead atoms. The van der Waals surface area contributed by atoms with Crippen LogP contribution in [0.2, 0.25) is 0 Å². The quantitative estimate of drug-likeness (QED) is 0.671. The second-order valence-corrected chi connectivity index (χ2v) is 3.74. The second-order valence-electron chi connectivity index (χ2n) is 3.74. The molecule has 1 heterocycles. The van der Waals surface area contributed by atoms with Gasteiger partial charge in [0.25, 0.3) is 0 Å². The summed E-state index contributed by atoms with van der Waals surface area (Å²) < 4.78 is 5.54. The van der Waals surface area contributed by atoms with E-state index in [0.29, 0.717) is 0 Å². The maximum absolute atomic E-state index is 9.82. The number of ether oxygens (including phenoxy) is 1. The van der Waals surface area contributed by atoms with Gasteiger partial charge in [-0.25, -0.2) is 0 Å². The molecule has 1 aliphatic heterocycles. The smallest absolute Gasteiger partial charge is 0.0961 e. The molecule has 0 spiro atoms. The molecular weight excluding hydrogens is 178 g/mol. The minimum absolute atomic E-state index is 0.0105. The Morgan fingerprint density at radius 3 is 3.14 bits per heavy atom. The van der Waals surface area contributed by atoms with E-state index in [1.165, 1.54) is 0 Å². The fourth-order valence-electron chi connectivity index (χ4n) is 1.73. The summed E-state index contributed by atoms with van der Waals surface area (Å²) in [5.74, 6) is 0. The summed E-state index contributed by atoms with van der Waals surface area (Å²) in [7, 11) is 0. The number of allylic oxidation sites excluding steroid dienone is 1. The van der Waals surface area contributed by atoms with E-state index in [-0.39, 0.29) is 12.2 Å². The highest BCUT2D eigenvalue weighted by Crippen LogP contribution is 2.12. The monoisotopic (exact) mass is 199 g/mol. The van der Waals surface area contributed by atoms with E-state index in [1.54, 1.807) is 0 Å². The van der Waals surface area contributed by atoms with Crippen molar-refractivity contribution >= 4 is 0 Å². The maximum atomic E-state index is 9.82. The van der Waals surface area contributed by atoms with E-state index in [0.717, 1.165) is 39.1 Å². The Balaban J connectivity index is 2.31. The first-order chi connectivity index (χ1) is 6.77. The van der Waals surface area contributed by atoms with E-state index in [9.17, 15) is 5.11 Å². The number of rotatable bonds is 5. The van der Waals surface area contributed by atoms with Crippen LogP contribution in [0.3, 0.4) is 0 Å². The van der Waals surface area contributed by atoms with Gasteiger partial charge < -0.3 is 9.84 Å². The van der Waals surface area contributed by atoms with E-state index in [1.807, 2.05) is 6.08 Å². The van der Waals surface area contributed by atoms with Gasteiger partial charge in [0.15, 0.2) is 0 Å². The Morgan fingerprint density at radius 1 is 1.71 bits per heavy atom. The molecule has 1 saturated heterocycles. The molecule has 0 aromatic carbocycles. The van der Waals surface area contributed by atoms with E-state index in [2.05, 4.69) is 18.4 Å². The largest absolute Gasteiger partial charge is 0.390 e. The van der Waals surface area contributed by atoms with Crippen LogP contribution in [-0.2, 0) is 4.74 Å². The number of likely N-dealkylation sites (N-methyl/N-ethyl adjacent to an activating group) is 1. The lowest BCUT2D eigenvalue weighted by Gasteiger charge is -2.34. The SMILES string of the molecule is C=CCCC(O)C1CN(CC)CCO1. The summed E-state index contributed by atoms with van der Waals surface area (Å²) in [4.78, 5) is 2.31. The van der Waals surface area contributed by atoms with Crippen molar-refractivity contribution in [2.75, 3.05) is 26.2 Å². The van der Waals surface area contributed by atoms with Gasteiger partial charge in [0.1, 0.15) is 0 Å². The number of nitrogens with zero attached hydrogens (tertiary/aromatic N) is 1. The van der Waals surface area contributed by atoms with E-state index in [4.69, 9.17) is 4.74 Å². The number of aliphatic hydroxyl groups is 1. The second kappa shape index (κ2) is 6.17. The van der Waals surface area contributed by atoms with Gasteiger partial charge >= 0.3 is 0 Å². The molecule has 3 heteroatoms. The molecule has 0 saturated carbocycles. The highest BCUT2D eigenvalue weighted by atomic mass is 16.5. The van der Waals surface area contributed by atoms with Crippen LogP contribution in [0, 0.1) is 0 Å². The zero-order valence-electron chi connectivity index (χ0n) is 8.98. The molecule has 1 rings (SSSR count). The van der Waals surface area contributed by atoms with Crippen LogP contribution in [0.4, 0.5) is 0 Å². The van der Waals surface area contributed by atoms with Gasteiger partial charge in [0.2, 0.25) is 0 Å². The Morgan fingerprint density at radius 2 is 2.50 bits per heavy atom. The Hall–Kier alpha value is -0.380. The summed E-state index contributed by atoms with van der Waals surface area (Å²) in [5.41, 5.74) is 0. The first-order valence-corrected chi connectivity index (χ1v) is 5.40. The molecule has 2 unspecified atom stereocenters. The average Bonchev–Trinajstić information content (AvgIpc) is 2.26. The molecule has 82 valence electrons. The van der Waals surface area contributed by atoms with Crippen LogP contribution >= 0.6 is 0 Å². The van der Waals surface area contributed by atoms with Gasteiger partial charge in [-0.15, -0.1) is 6.58 Å². The lowest BCUT2D eigenvalue weighted by Crippen LogP contribution is -2.47. The fraction of sp³-hybridized carbons (Fsp3) is 0.818. The summed E-state index contributed by atoms with van der Waals surface area (Å²) >= 11 is 0. The van der Waals surface area contributed by atoms with Gasteiger partial charge in [-0.3, -0.25) is 4.90 Å². The number of hydrogen-bond donors (Lipinski definition) is 1. The van der Waals surface area contributed by atoms with Crippen molar-refractivity contribution in [3.8, 4) is 0 Å². The molecule has 14 heavy (non-hydrogen) atoms. The Labute approximate surface area is 86.4 Å². The van der Waals surface area contributed by atoms with Gasteiger partial charge in [-0.05, 0) is 19.4 Å². The molecule has 0 radical (unpaired) electrons. The predicted molar refractivity (Wildman–Crippen MR) is 57.3 cm³/mol. The number of morpholine rings is 1. The topological polar surface area (TPSA) is 32.7 Å². The minimum atomic E-state index is -0.345. The highest BCUT2D eigenvalue weighted by Gasteiger charge is 2.25. The summed E-state index contributed by atoms with van der Waals surface area (Å²) in [6.07, 6.45) is 3.09. The van der Waals surface area contributed by atoms with Gasteiger partial charge in [0, 0.05) is 13.1 Å². The molecular formula is C11H21NO2. The van der Waals surface area contributed by atoms with E-state index < -0.39 is 0 Å². The van der Waals surface area contributed by atoms with Gasteiger partial charge in [0.05, 0.1) is 18.8 Å². The zero-order valence-corrected chi connectivity index (χ0v) is 8.98. The van der Waals surface area contributed by atoms with Crippen LogP contribution in [0.5, 0.6) is 0 Å². The minimum Gasteiger partial charge on any atom is -0.390 e. The van der Waals surface area contributed by atoms with Crippen molar-refractivity contribution in [2.45, 2.75) is 32.0 Å². The standard InChI is InChI=1S/C11H21NO2/c1-3-5-6-10(13)11-9-12(4-2)7-8-14-11/h3,10-11,13H,1,4-9H2,2H3. The van der Waals surface area contributed by atoms with Crippen LogP contribution in [0.25, 0.3) is 0 Å². The van der Waals surface area contributed by atoms with Crippen molar-refractivity contribution in [3.05, 3.63) is 12.7 Å². The van der Waals surface area contributed by atoms with Crippen molar-refractivity contribution in [2.24, 2.45) is 0 Å². The molecule has 1 aliphatic rings. The Kier molecular flexibility index (Phi) is 5.15. The Bertz CT molecular complexity index is 173. The normalized spacial score (nSPS) is 26.0. The van der Waals surface area contributed by atoms with Gasteiger partial charge in [-0.1, -0.05) is 13.0 Å². The van der Waals surface area contributed by atoms with Crippen molar-refractivity contribution in [1.82, 2.24) is 4.90 Å². The first-order valence-electron chi connectivity index (χ1n) is 5.40. The van der Waals surface area contributed by atoms with Crippen molar-refractivity contribution in [1.29, 1.82) is 0 Å². The summed E-state index contributed by atoms with van der Waals surface area (Å²) in [5, 5.41) is 9.82. The van der Waals surface area contributed by atoms with Crippen LogP contribution in [0.15, 0.2) is 12.7 Å². The lowest BCUT2D eigenvalue weighted by atomic mass is 10.1. The molecule has 0 amide bonds. The molecule has 1 N–H and O–H groups in total. The third-order valence-corrected chi connectivity index (χ3v) is 2.72. The third kappa shape index (κ3) is 3.40. The zero-order chi connectivity index (χ0) is 10.4.